The highest BCUT2D eigenvalue weighted by atomic mass is 16.5. The van der Waals surface area contributed by atoms with E-state index in [1.165, 1.54) is 76.2 Å². The van der Waals surface area contributed by atoms with E-state index in [0.717, 1.165) is 23.7 Å². The Hall–Kier alpha value is -1.18. The number of hydrogen-bond acceptors (Lipinski definition) is 2. The van der Waals surface area contributed by atoms with Crippen LogP contribution in [0.5, 0.6) is 11.5 Å². The molecule has 2 aliphatic rings. The van der Waals surface area contributed by atoms with Crippen LogP contribution < -0.4 is 4.74 Å². The zero-order chi connectivity index (χ0) is 20.1. The summed E-state index contributed by atoms with van der Waals surface area (Å²) in [6.45, 7) is 9.11. The second-order valence-corrected chi connectivity index (χ2v) is 10.1. The SMILES string of the molecule is CCCCCCCCCCc1cc(O)c2c(c1)OC(C)(C)[C@@H]1CCC(C)C[C@@H]21. The molecule has 0 bridgehead atoms. The van der Waals surface area contributed by atoms with Gasteiger partial charge in [-0.1, -0.05) is 65.2 Å². The molecule has 0 saturated heterocycles. The second-order valence-electron chi connectivity index (χ2n) is 10.1. The predicted octanol–water partition coefficient (Wildman–Crippen LogP) is 7.77. The van der Waals surface area contributed by atoms with Crippen LogP contribution in [0.15, 0.2) is 12.1 Å². The minimum Gasteiger partial charge on any atom is -0.508 e. The first-order chi connectivity index (χ1) is 13.4. The molecule has 0 spiro atoms. The van der Waals surface area contributed by atoms with Gasteiger partial charge in [-0.3, -0.25) is 0 Å². The minimum atomic E-state index is -0.138. The van der Waals surface area contributed by atoms with Gasteiger partial charge in [0.25, 0.3) is 0 Å². The summed E-state index contributed by atoms with van der Waals surface area (Å²) >= 11 is 0. The Kier molecular flexibility index (Phi) is 7.34. The van der Waals surface area contributed by atoms with Crippen LogP contribution in [0.2, 0.25) is 0 Å². The minimum absolute atomic E-state index is 0.138. The van der Waals surface area contributed by atoms with Gasteiger partial charge in [0, 0.05) is 11.5 Å². The van der Waals surface area contributed by atoms with Crippen molar-refractivity contribution < 1.29 is 9.84 Å². The number of phenolic OH excluding ortho intramolecular Hbond substituents is 1. The normalized spacial score (nSPS) is 25.6. The average Bonchev–Trinajstić information content (AvgIpc) is 2.62. The lowest BCUT2D eigenvalue weighted by molar-refractivity contribution is -0.0145. The summed E-state index contributed by atoms with van der Waals surface area (Å²) in [5, 5.41) is 10.9. The van der Waals surface area contributed by atoms with E-state index < -0.39 is 0 Å². The van der Waals surface area contributed by atoms with Gasteiger partial charge in [0.15, 0.2) is 0 Å². The number of rotatable bonds is 9. The first-order valence-electron chi connectivity index (χ1n) is 12.0. The highest BCUT2D eigenvalue weighted by Gasteiger charge is 2.47. The lowest BCUT2D eigenvalue weighted by atomic mass is 9.64. The molecule has 1 saturated carbocycles. The highest BCUT2D eigenvalue weighted by molar-refractivity contribution is 5.52. The topological polar surface area (TPSA) is 29.5 Å². The lowest BCUT2D eigenvalue weighted by Gasteiger charge is -2.48. The van der Waals surface area contributed by atoms with Crippen LogP contribution in [0.3, 0.4) is 0 Å². The molecule has 1 aliphatic carbocycles. The Morgan fingerprint density at radius 2 is 1.68 bits per heavy atom. The maximum Gasteiger partial charge on any atom is 0.127 e. The molecular weight excluding hydrogens is 344 g/mol. The lowest BCUT2D eigenvalue weighted by Crippen LogP contribution is -2.46. The first-order valence-corrected chi connectivity index (χ1v) is 12.0. The number of phenols is 1. The molecule has 3 rings (SSSR count). The molecule has 0 amide bonds. The van der Waals surface area contributed by atoms with Crippen LogP contribution in [-0.4, -0.2) is 10.7 Å². The molecule has 2 nitrogen and oxygen atoms in total. The van der Waals surface area contributed by atoms with E-state index in [4.69, 9.17) is 4.74 Å². The Morgan fingerprint density at radius 1 is 1.00 bits per heavy atom. The molecule has 28 heavy (non-hydrogen) atoms. The van der Waals surface area contributed by atoms with E-state index in [2.05, 4.69) is 33.8 Å². The van der Waals surface area contributed by atoms with Crippen molar-refractivity contribution in [2.45, 2.75) is 116 Å². The van der Waals surface area contributed by atoms with Gasteiger partial charge in [0.05, 0.1) is 0 Å². The van der Waals surface area contributed by atoms with Gasteiger partial charge >= 0.3 is 0 Å². The molecule has 0 radical (unpaired) electrons. The molecule has 158 valence electrons. The predicted molar refractivity (Wildman–Crippen MR) is 118 cm³/mol. The summed E-state index contributed by atoms with van der Waals surface area (Å²) in [6.07, 6.45) is 15.4. The fourth-order valence-electron chi connectivity index (χ4n) is 5.62. The number of unbranched alkanes of at least 4 members (excludes halogenated alkanes) is 7. The van der Waals surface area contributed by atoms with Crippen molar-refractivity contribution >= 4 is 0 Å². The summed E-state index contributed by atoms with van der Waals surface area (Å²) in [7, 11) is 0. The number of aromatic hydroxyl groups is 1. The molecule has 1 heterocycles. The maximum atomic E-state index is 10.9. The van der Waals surface area contributed by atoms with Crippen molar-refractivity contribution in [2.75, 3.05) is 0 Å². The number of hydrogen-bond donors (Lipinski definition) is 1. The summed E-state index contributed by atoms with van der Waals surface area (Å²) in [5.41, 5.74) is 2.19. The Bertz CT molecular complexity index is 634. The summed E-state index contributed by atoms with van der Waals surface area (Å²) in [6, 6.07) is 4.26. The molecule has 1 unspecified atom stereocenters. The second kappa shape index (κ2) is 9.55. The van der Waals surface area contributed by atoms with Crippen LogP contribution in [0.1, 0.15) is 115 Å². The number of fused-ring (bicyclic) bond motifs is 3. The fraction of sp³-hybridized carbons (Fsp3) is 0.769. The highest BCUT2D eigenvalue weighted by Crippen LogP contribution is 2.55. The standard InChI is InChI=1S/C26H42O2/c1-5-6-7-8-9-10-11-12-13-20-17-23(27)25-21-16-19(2)14-15-22(21)26(3,4)28-24(25)18-20/h17-19,21-22,27H,5-16H2,1-4H3/t19?,21-,22-/m1/s1. The van der Waals surface area contributed by atoms with Gasteiger partial charge in [0.1, 0.15) is 17.1 Å². The largest absolute Gasteiger partial charge is 0.508 e. The van der Waals surface area contributed by atoms with Gasteiger partial charge in [-0.25, -0.2) is 0 Å². The van der Waals surface area contributed by atoms with E-state index in [0.29, 0.717) is 17.6 Å². The van der Waals surface area contributed by atoms with E-state index >= 15 is 0 Å². The Labute approximate surface area is 173 Å². The van der Waals surface area contributed by atoms with Gasteiger partial charge < -0.3 is 9.84 Å². The molecule has 1 aliphatic heterocycles. The summed E-state index contributed by atoms with van der Waals surface area (Å²) in [5.74, 6) is 3.13. The zero-order valence-corrected chi connectivity index (χ0v) is 18.7. The van der Waals surface area contributed by atoms with Crippen molar-refractivity contribution in [1.82, 2.24) is 0 Å². The van der Waals surface area contributed by atoms with Gasteiger partial charge in [-0.2, -0.15) is 0 Å². The third kappa shape index (κ3) is 5.05. The molecule has 1 aromatic carbocycles. The summed E-state index contributed by atoms with van der Waals surface area (Å²) < 4.78 is 6.47. The van der Waals surface area contributed by atoms with Crippen molar-refractivity contribution in [3.8, 4) is 11.5 Å². The van der Waals surface area contributed by atoms with E-state index in [-0.39, 0.29) is 5.60 Å². The molecule has 2 heteroatoms. The van der Waals surface area contributed by atoms with Crippen LogP contribution in [-0.2, 0) is 6.42 Å². The fourth-order valence-corrected chi connectivity index (χ4v) is 5.62. The van der Waals surface area contributed by atoms with Crippen molar-refractivity contribution in [3.05, 3.63) is 23.3 Å². The zero-order valence-electron chi connectivity index (χ0n) is 18.7. The van der Waals surface area contributed by atoms with Gasteiger partial charge in [-0.05, 0) is 69.1 Å². The molecule has 0 aromatic heterocycles. The van der Waals surface area contributed by atoms with Crippen LogP contribution in [0, 0.1) is 11.8 Å². The van der Waals surface area contributed by atoms with Gasteiger partial charge in [-0.15, -0.1) is 0 Å². The molecule has 1 N–H and O–H groups in total. The van der Waals surface area contributed by atoms with E-state index in [9.17, 15) is 5.11 Å². The van der Waals surface area contributed by atoms with Gasteiger partial charge in [0.2, 0.25) is 0 Å². The monoisotopic (exact) mass is 386 g/mol. The van der Waals surface area contributed by atoms with E-state index in [1.807, 2.05) is 6.07 Å². The summed E-state index contributed by atoms with van der Waals surface area (Å²) in [4.78, 5) is 0. The molecule has 1 fully saturated rings. The smallest absolute Gasteiger partial charge is 0.127 e. The first kappa shape index (κ1) is 21.5. The quantitative estimate of drug-likeness (QED) is 0.439. The van der Waals surface area contributed by atoms with Crippen LogP contribution in [0.4, 0.5) is 0 Å². The third-order valence-corrected chi connectivity index (χ3v) is 7.25. The van der Waals surface area contributed by atoms with E-state index in [1.54, 1.807) is 0 Å². The van der Waals surface area contributed by atoms with Crippen molar-refractivity contribution in [3.63, 3.8) is 0 Å². The third-order valence-electron chi connectivity index (χ3n) is 7.25. The number of aryl methyl sites for hydroxylation is 1. The Balaban J connectivity index is 1.61. The number of ether oxygens (including phenoxy) is 1. The molecule has 1 aromatic rings. The van der Waals surface area contributed by atoms with Crippen molar-refractivity contribution in [2.24, 2.45) is 11.8 Å². The molecular formula is C26H42O2. The number of benzene rings is 1. The molecule has 3 atom stereocenters. The maximum absolute atomic E-state index is 10.9. The van der Waals surface area contributed by atoms with Crippen LogP contribution >= 0.6 is 0 Å². The van der Waals surface area contributed by atoms with Crippen LogP contribution in [0.25, 0.3) is 0 Å². The average molecular weight is 387 g/mol. The van der Waals surface area contributed by atoms with Crippen molar-refractivity contribution in [1.29, 1.82) is 0 Å². The Morgan fingerprint density at radius 3 is 2.39 bits per heavy atom.